The highest BCUT2D eigenvalue weighted by Gasteiger charge is 2.22. The number of allylic oxidation sites excluding steroid dienone is 1. The van der Waals surface area contributed by atoms with Crippen LogP contribution in [0.2, 0.25) is 0 Å². The van der Waals surface area contributed by atoms with Crippen LogP contribution in [-0.4, -0.2) is 16.7 Å². The van der Waals surface area contributed by atoms with Crippen LogP contribution in [0.1, 0.15) is 18.4 Å². The van der Waals surface area contributed by atoms with Crippen LogP contribution in [0.25, 0.3) is 60.5 Å². The largest absolute Gasteiger partial charge is 0.321 e. The standard InChI is InChI=1S/C43H34N4/c44-40-28-34(18-22-41(40)47-46-35-19-15-29(16-20-35)30-23-25-45-26-24-30)33-17-21-38-39(27-33)43(32-11-5-2-6-12-32)37-14-8-7-13-36(37)42(38)31-9-3-1-4-10-31/h1-17,19-21,23-28,41,44,46-47H,18,22H2. The SMILES string of the molecule is N=C1C=C(c2ccc3c(-c4ccccc4)c4ccccc4c(-c4ccccc4)c3c2)CCC1NNc1ccc(-c2ccncc2)cc1. The minimum absolute atomic E-state index is 0.0763. The summed E-state index contributed by atoms with van der Waals surface area (Å²) >= 11 is 0. The molecule has 0 bridgehead atoms. The molecule has 4 heteroatoms. The predicted molar refractivity (Wildman–Crippen MR) is 197 cm³/mol. The Morgan fingerprint density at radius 3 is 1.72 bits per heavy atom. The van der Waals surface area contributed by atoms with Crippen LogP contribution in [0.5, 0.6) is 0 Å². The molecule has 3 N–H and O–H groups in total. The lowest BCUT2D eigenvalue weighted by Crippen LogP contribution is -2.40. The molecule has 47 heavy (non-hydrogen) atoms. The minimum Gasteiger partial charge on any atom is -0.321 e. The fraction of sp³-hybridized carbons (Fsp3) is 0.0698. The van der Waals surface area contributed by atoms with Crippen LogP contribution in [0.3, 0.4) is 0 Å². The molecule has 0 amide bonds. The van der Waals surface area contributed by atoms with Crippen molar-refractivity contribution < 1.29 is 0 Å². The van der Waals surface area contributed by atoms with Gasteiger partial charge in [-0.15, -0.1) is 0 Å². The first-order valence-corrected chi connectivity index (χ1v) is 16.1. The number of benzene rings is 6. The summed E-state index contributed by atoms with van der Waals surface area (Å²) < 4.78 is 0. The monoisotopic (exact) mass is 606 g/mol. The van der Waals surface area contributed by atoms with E-state index < -0.39 is 0 Å². The molecule has 0 radical (unpaired) electrons. The third-order valence-electron chi connectivity index (χ3n) is 9.22. The summed E-state index contributed by atoms with van der Waals surface area (Å²) in [6, 6.07) is 49.4. The Bertz CT molecular complexity index is 2240. The van der Waals surface area contributed by atoms with Crippen LogP contribution < -0.4 is 10.9 Å². The molecule has 1 unspecified atom stereocenters. The summed E-state index contributed by atoms with van der Waals surface area (Å²) in [6.07, 6.45) is 7.39. The lowest BCUT2D eigenvalue weighted by atomic mass is 9.83. The molecular weight excluding hydrogens is 573 g/mol. The Balaban J connectivity index is 1.12. The van der Waals surface area contributed by atoms with Gasteiger partial charge in [0.1, 0.15) is 0 Å². The van der Waals surface area contributed by atoms with Gasteiger partial charge in [0, 0.05) is 18.1 Å². The molecule has 6 aromatic carbocycles. The maximum Gasteiger partial charge on any atom is 0.0678 e. The average Bonchev–Trinajstić information content (AvgIpc) is 3.14. The molecule has 1 aliphatic rings. The fourth-order valence-corrected chi connectivity index (χ4v) is 6.86. The number of anilines is 1. The Kier molecular flexibility index (Phi) is 7.62. The van der Waals surface area contributed by atoms with Gasteiger partial charge in [0.2, 0.25) is 0 Å². The highest BCUT2D eigenvalue weighted by atomic mass is 15.4. The van der Waals surface area contributed by atoms with E-state index in [4.69, 9.17) is 5.41 Å². The highest BCUT2D eigenvalue weighted by molar-refractivity contribution is 6.21. The van der Waals surface area contributed by atoms with Crippen LogP contribution in [0, 0.1) is 5.41 Å². The van der Waals surface area contributed by atoms with Gasteiger partial charge in [0.05, 0.1) is 11.8 Å². The summed E-state index contributed by atoms with van der Waals surface area (Å²) in [6.45, 7) is 0. The molecule has 1 heterocycles. The number of nitrogens with zero attached hydrogens (tertiary/aromatic N) is 1. The van der Waals surface area contributed by atoms with Gasteiger partial charge in [-0.05, 0) is 115 Å². The smallest absolute Gasteiger partial charge is 0.0678 e. The molecule has 226 valence electrons. The number of rotatable bonds is 7. The number of aromatic nitrogens is 1. The van der Waals surface area contributed by atoms with E-state index in [2.05, 4.69) is 149 Å². The van der Waals surface area contributed by atoms with Gasteiger partial charge < -0.3 is 10.8 Å². The van der Waals surface area contributed by atoms with Crippen LogP contribution in [0.4, 0.5) is 5.69 Å². The minimum atomic E-state index is -0.0763. The molecule has 1 atom stereocenters. The average molecular weight is 607 g/mol. The van der Waals surface area contributed by atoms with E-state index in [0.717, 1.165) is 29.7 Å². The highest BCUT2D eigenvalue weighted by Crippen LogP contribution is 2.44. The van der Waals surface area contributed by atoms with E-state index >= 15 is 0 Å². The Morgan fingerprint density at radius 1 is 0.532 bits per heavy atom. The molecule has 8 rings (SSSR count). The van der Waals surface area contributed by atoms with Crippen molar-refractivity contribution in [2.75, 3.05) is 5.43 Å². The zero-order valence-corrected chi connectivity index (χ0v) is 25.9. The van der Waals surface area contributed by atoms with Crippen molar-refractivity contribution in [2.24, 2.45) is 0 Å². The van der Waals surface area contributed by atoms with Crippen molar-refractivity contribution in [1.82, 2.24) is 10.4 Å². The second-order valence-electron chi connectivity index (χ2n) is 12.1. The van der Waals surface area contributed by atoms with Gasteiger partial charge in [0.25, 0.3) is 0 Å². The first kappa shape index (κ1) is 28.6. The normalized spacial score (nSPS) is 14.7. The molecule has 0 aliphatic heterocycles. The van der Waals surface area contributed by atoms with Crippen molar-refractivity contribution in [1.29, 1.82) is 5.41 Å². The van der Waals surface area contributed by atoms with Gasteiger partial charge in [0.15, 0.2) is 0 Å². The summed E-state index contributed by atoms with van der Waals surface area (Å²) in [5, 5.41) is 13.9. The first-order chi connectivity index (χ1) is 23.2. The van der Waals surface area contributed by atoms with Gasteiger partial charge in [-0.3, -0.25) is 4.98 Å². The number of nitrogens with one attached hydrogen (secondary N) is 3. The Labute approximate surface area is 274 Å². The second kappa shape index (κ2) is 12.5. The summed E-state index contributed by atoms with van der Waals surface area (Å²) in [4.78, 5) is 4.11. The van der Waals surface area contributed by atoms with Crippen molar-refractivity contribution >= 4 is 38.5 Å². The summed E-state index contributed by atoms with van der Waals surface area (Å²) in [7, 11) is 0. The van der Waals surface area contributed by atoms with Gasteiger partial charge in [-0.25, -0.2) is 5.43 Å². The molecular formula is C43H34N4. The molecule has 0 spiro atoms. The Morgan fingerprint density at radius 2 is 1.09 bits per heavy atom. The summed E-state index contributed by atoms with van der Waals surface area (Å²) in [5.74, 6) is 0. The summed E-state index contributed by atoms with van der Waals surface area (Å²) in [5.41, 5.74) is 17.9. The zero-order valence-electron chi connectivity index (χ0n) is 25.9. The molecule has 1 aromatic heterocycles. The number of hydrazine groups is 1. The van der Waals surface area contributed by atoms with E-state index in [0.29, 0.717) is 5.71 Å². The van der Waals surface area contributed by atoms with Crippen molar-refractivity contribution in [3.05, 3.63) is 164 Å². The number of pyridine rings is 1. The zero-order chi connectivity index (χ0) is 31.6. The molecule has 0 saturated heterocycles. The Hall–Kier alpha value is -5.84. The van der Waals surface area contributed by atoms with E-state index in [-0.39, 0.29) is 6.04 Å². The number of hydrogen-bond donors (Lipinski definition) is 3. The van der Waals surface area contributed by atoms with Crippen LogP contribution in [-0.2, 0) is 0 Å². The van der Waals surface area contributed by atoms with Gasteiger partial charge in [-0.1, -0.05) is 109 Å². The van der Waals surface area contributed by atoms with Crippen LogP contribution in [0.15, 0.2) is 158 Å². The van der Waals surface area contributed by atoms with Crippen molar-refractivity contribution in [2.45, 2.75) is 18.9 Å². The quantitative estimate of drug-likeness (QED) is 0.125. The lowest BCUT2D eigenvalue weighted by molar-refractivity contribution is 0.639. The molecule has 0 saturated carbocycles. The van der Waals surface area contributed by atoms with Crippen molar-refractivity contribution in [3.63, 3.8) is 0 Å². The molecule has 7 aromatic rings. The maximum absolute atomic E-state index is 8.95. The number of fused-ring (bicyclic) bond motifs is 2. The van der Waals surface area contributed by atoms with Gasteiger partial charge in [-0.2, -0.15) is 0 Å². The van der Waals surface area contributed by atoms with E-state index in [1.54, 1.807) is 0 Å². The van der Waals surface area contributed by atoms with E-state index in [1.807, 2.05) is 24.5 Å². The first-order valence-electron chi connectivity index (χ1n) is 16.1. The lowest BCUT2D eigenvalue weighted by Gasteiger charge is -2.25. The topological polar surface area (TPSA) is 60.8 Å². The van der Waals surface area contributed by atoms with E-state index in [1.165, 1.54) is 54.9 Å². The molecule has 4 nitrogen and oxygen atoms in total. The second-order valence-corrected chi connectivity index (χ2v) is 12.1. The van der Waals surface area contributed by atoms with Crippen molar-refractivity contribution in [3.8, 4) is 33.4 Å². The van der Waals surface area contributed by atoms with Gasteiger partial charge >= 0.3 is 0 Å². The number of hydrogen-bond acceptors (Lipinski definition) is 4. The fourth-order valence-electron chi connectivity index (χ4n) is 6.86. The third-order valence-corrected chi connectivity index (χ3v) is 9.22. The molecule has 1 aliphatic carbocycles. The molecule has 0 fully saturated rings. The van der Waals surface area contributed by atoms with Crippen LogP contribution >= 0.6 is 0 Å². The maximum atomic E-state index is 8.95. The third kappa shape index (κ3) is 5.60. The predicted octanol–water partition coefficient (Wildman–Crippen LogP) is 10.6. The van der Waals surface area contributed by atoms with E-state index in [9.17, 15) is 0 Å².